The molecule has 86 valence electrons. The molecule has 0 spiro atoms. The second kappa shape index (κ2) is 5.51. The SMILES string of the molecule is CSc1c(N)nsc1NCCc1nccs1. The van der Waals surface area contributed by atoms with Crippen LogP contribution in [0.4, 0.5) is 10.8 Å². The minimum atomic E-state index is 0.620. The molecule has 2 heterocycles. The molecule has 0 atom stereocenters. The van der Waals surface area contributed by atoms with Gasteiger partial charge in [0, 0.05) is 24.5 Å². The van der Waals surface area contributed by atoms with Crippen molar-refractivity contribution < 1.29 is 0 Å². The fourth-order valence-corrected chi connectivity index (χ4v) is 3.45. The predicted molar refractivity (Wildman–Crippen MR) is 72.6 cm³/mol. The van der Waals surface area contributed by atoms with E-state index in [9.17, 15) is 0 Å². The number of hydrogen-bond acceptors (Lipinski definition) is 7. The van der Waals surface area contributed by atoms with Crippen molar-refractivity contribution in [2.45, 2.75) is 11.3 Å². The normalized spacial score (nSPS) is 10.6. The maximum atomic E-state index is 5.75. The van der Waals surface area contributed by atoms with Gasteiger partial charge >= 0.3 is 0 Å². The Morgan fingerprint density at radius 2 is 2.44 bits per heavy atom. The first kappa shape index (κ1) is 11.7. The van der Waals surface area contributed by atoms with Gasteiger partial charge in [0.25, 0.3) is 0 Å². The molecule has 0 aliphatic rings. The Morgan fingerprint density at radius 3 is 3.12 bits per heavy atom. The molecule has 7 heteroatoms. The van der Waals surface area contributed by atoms with Crippen molar-refractivity contribution in [1.29, 1.82) is 0 Å². The van der Waals surface area contributed by atoms with Crippen LogP contribution in [0.2, 0.25) is 0 Å². The number of anilines is 2. The first-order valence-corrected chi connectivity index (χ1v) is 7.60. The Hall–Kier alpha value is -0.790. The van der Waals surface area contributed by atoms with Crippen LogP contribution in [0.3, 0.4) is 0 Å². The van der Waals surface area contributed by atoms with Crippen LogP contribution in [0.15, 0.2) is 16.5 Å². The third-order valence-electron chi connectivity index (χ3n) is 1.99. The Morgan fingerprint density at radius 1 is 1.56 bits per heavy atom. The van der Waals surface area contributed by atoms with Gasteiger partial charge in [0.15, 0.2) is 5.82 Å². The molecule has 4 nitrogen and oxygen atoms in total. The number of nitrogen functional groups attached to an aromatic ring is 1. The van der Waals surface area contributed by atoms with E-state index < -0.39 is 0 Å². The Labute approximate surface area is 106 Å². The van der Waals surface area contributed by atoms with Crippen molar-refractivity contribution in [3.8, 4) is 0 Å². The fraction of sp³-hybridized carbons (Fsp3) is 0.333. The maximum Gasteiger partial charge on any atom is 0.153 e. The summed E-state index contributed by atoms with van der Waals surface area (Å²) in [5.74, 6) is 0.620. The molecule has 0 radical (unpaired) electrons. The molecule has 0 saturated carbocycles. The third-order valence-corrected chi connectivity index (χ3v) is 4.60. The van der Waals surface area contributed by atoms with Crippen molar-refractivity contribution in [2.75, 3.05) is 23.9 Å². The summed E-state index contributed by atoms with van der Waals surface area (Å²) < 4.78 is 4.13. The second-order valence-electron chi connectivity index (χ2n) is 3.03. The van der Waals surface area contributed by atoms with Crippen LogP contribution in [0.25, 0.3) is 0 Å². The third kappa shape index (κ3) is 2.66. The summed E-state index contributed by atoms with van der Waals surface area (Å²) in [6.07, 6.45) is 4.77. The number of aromatic nitrogens is 2. The van der Waals surface area contributed by atoms with Crippen molar-refractivity contribution in [3.05, 3.63) is 16.6 Å². The Bertz CT molecular complexity index is 438. The van der Waals surface area contributed by atoms with E-state index in [1.807, 2.05) is 17.8 Å². The van der Waals surface area contributed by atoms with Gasteiger partial charge in [-0.2, -0.15) is 4.37 Å². The van der Waals surface area contributed by atoms with Gasteiger partial charge in [-0.15, -0.1) is 23.1 Å². The van der Waals surface area contributed by atoms with Crippen LogP contribution in [0, 0.1) is 0 Å². The monoisotopic (exact) mass is 272 g/mol. The molecule has 0 bridgehead atoms. The predicted octanol–water partition coefficient (Wildman–Crippen LogP) is 2.56. The molecule has 2 aromatic heterocycles. The number of thiazole rings is 1. The lowest BCUT2D eigenvalue weighted by Crippen LogP contribution is -2.04. The number of hydrogen-bond donors (Lipinski definition) is 2. The van der Waals surface area contributed by atoms with Gasteiger partial charge in [-0.05, 0) is 17.8 Å². The lowest BCUT2D eigenvalue weighted by molar-refractivity contribution is 0.998. The first-order chi connectivity index (χ1) is 7.81. The Balaban J connectivity index is 1.89. The van der Waals surface area contributed by atoms with Crippen LogP contribution in [-0.2, 0) is 6.42 Å². The minimum absolute atomic E-state index is 0.620. The molecule has 0 unspecified atom stereocenters. The molecule has 3 N–H and O–H groups in total. The molecule has 0 amide bonds. The summed E-state index contributed by atoms with van der Waals surface area (Å²) in [6, 6.07) is 0. The van der Waals surface area contributed by atoms with Gasteiger partial charge < -0.3 is 11.1 Å². The maximum absolute atomic E-state index is 5.75. The topological polar surface area (TPSA) is 63.8 Å². The first-order valence-electron chi connectivity index (χ1n) is 4.72. The molecule has 16 heavy (non-hydrogen) atoms. The molecule has 0 aliphatic carbocycles. The van der Waals surface area contributed by atoms with E-state index in [4.69, 9.17) is 5.73 Å². The summed E-state index contributed by atoms with van der Waals surface area (Å²) in [5.41, 5.74) is 5.75. The summed E-state index contributed by atoms with van der Waals surface area (Å²) in [6.45, 7) is 0.864. The minimum Gasteiger partial charge on any atom is -0.382 e. The molecule has 0 aromatic carbocycles. The van der Waals surface area contributed by atoms with Crippen molar-refractivity contribution in [2.24, 2.45) is 0 Å². The van der Waals surface area contributed by atoms with Crippen LogP contribution < -0.4 is 11.1 Å². The van der Waals surface area contributed by atoms with E-state index in [0.29, 0.717) is 5.82 Å². The number of nitrogens with zero attached hydrogens (tertiary/aromatic N) is 2. The number of nitrogens with two attached hydrogens (primary N) is 1. The average Bonchev–Trinajstić information content (AvgIpc) is 2.89. The smallest absolute Gasteiger partial charge is 0.153 e. The van der Waals surface area contributed by atoms with E-state index in [1.54, 1.807) is 23.1 Å². The summed E-state index contributed by atoms with van der Waals surface area (Å²) in [7, 11) is 0. The van der Waals surface area contributed by atoms with E-state index in [-0.39, 0.29) is 0 Å². The fourth-order valence-electron chi connectivity index (χ4n) is 1.26. The zero-order chi connectivity index (χ0) is 11.4. The largest absolute Gasteiger partial charge is 0.382 e. The van der Waals surface area contributed by atoms with Crippen LogP contribution in [0.1, 0.15) is 5.01 Å². The molecule has 0 saturated heterocycles. The quantitative estimate of drug-likeness (QED) is 0.819. The van der Waals surface area contributed by atoms with Gasteiger partial charge in [0.2, 0.25) is 0 Å². The number of nitrogens with one attached hydrogen (secondary N) is 1. The van der Waals surface area contributed by atoms with Crippen LogP contribution >= 0.6 is 34.6 Å². The van der Waals surface area contributed by atoms with Gasteiger partial charge in [0.05, 0.1) is 9.90 Å². The van der Waals surface area contributed by atoms with Crippen LogP contribution in [-0.4, -0.2) is 22.2 Å². The highest BCUT2D eigenvalue weighted by molar-refractivity contribution is 7.99. The van der Waals surface area contributed by atoms with Gasteiger partial charge in [-0.3, -0.25) is 0 Å². The Kier molecular flexibility index (Phi) is 4.03. The zero-order valence-electron chi connectivity index (χ0n) is 8.77. The van der Waals surface area contributed by atoms with Crippen molar-refractivity contribution in [3.63, 3.8) is 0 Å². The van der Waals surface area contributed by atoms with E-state index in [1.165, 1.54) is 11.5 Å². The summed E-state index contributed by atoms with van der Waals surface area (Å²) in [4.78, 5) is 5.28. The molecular weight excluding hydrogens is 260 g/mol. The van der Waals surface area contributed by atoms with Crippen LogP contribution in [0.5, 0.6) is 0 Å². The highest BCUT2D eigenvalue weighted by atomic mass is 32.2. The molecule has 0 aliphatic heterocycles. The summed E-state index contributed by atoms with van der Waals surface area (Å²) in [5, 5.41) is 7.54. The highest BCUT2D eigenvalue weighted by Crippen LogP contribution is 2.34. The summed E-state index contributed by atoms with van der Waals surface area (Å²) >= 11 is 4.72. The van der Waals surface area contributed by atoms with Gasteiger partial charge in [-0.25, -0.2) is 4.98 Å². The molecule has 2 rings (SSSR count). The van der Waals surface area contributed by atoms with Gasteiger partial charge in [-0.1, -0.05) is 0 Å². The van der Waals surface area contributed by atoms with E-state index >= 15 is 0 Å². The lowest BCUT2D eigenvalue weighted by atomic mass is 10.4. The molecular formula is C9H12N4S3. The molecule has 2 aromatic rings. The molecule has 0 fully saturated rings. The number of thioether (sulfide) groups is 1. The van der Waals surface area contributed by atoms with Crippen molar-refractivity contribution in [1.82, 2.24) is 9.36 Å². The number of rotatable bonds is 5. The van der Waals surface area contributed by atoms with E-state index in [2.05, 4.69) is 14.7 Å². The standard InChI is InChI=1S/C9H12N4S3/c1-14-7-8(10)13-16-9(7)12-3-2-6-11-4-5-15-6/h4-5,12H,2-3H2,1H3,(H2,10,13). The second-order valence-corrected chi connectivity index (χ2v) is 5.60. The highest BCUT2D eigenvalue weighted by Gasteiger charge is 2.09. The average molecular weight is 272 g/mol. The van der Waals surface area contributed by atoms with Crippen molar-refractivity contribution >= 4 is 45.5 Å². The van der Waals surface area contributed by atoms with Gasteiger partial charge in [0.1, 0.15) is 5.00 Å². The van der Waals surface area contributed by atoms with E-state index in [0.717, 1.165) is 27.9 Å². The zero-order valence-corrected chi connectivity index (χ0v) is 11.2. The lowest BCUT2D eigenvalue weighted by Gasteiger charge is -2.03.